The molecule has 1 rings (SSSR count). The van der Waals surface area contributed by atoms with Crippen LogP contribution in [0.15, 0.2) is 29.2 Å². The Morgan fingerprint density at radius 2 is 1.90 bits per heavy atom. The van der Waals surface area contributed by atoms with Gasteiger partial charge in [0.2, 0.25) is 5.91 Å². The largest absolute Gasteiger partial charge is 0.341 e. The zero-order valence-electron chi connectivity index (χ0n) is 12.3. The topological polar surface area (TPSA) is 61.4 Å². The molecule has 0 saturated heterocycles. The van der Waals surface area contributed by atoms with Crippen LogP contribution in [0.25, 0.3) is 0 Å². The lowest BCUT2D eigenvalue weighted by Gasteiger charge is -2.23. The van der Waals surface area contributed by atoms with E-state index < -0.39 is 6.03 Å². The molecule has 6 heteroatoms. The highest BCUT2D eigenvalue weighted by Crippen LogP contribution is 2.16. The van der Waals surface area contributed by atoms with Gasteiger partial charge in [-0.15, -0.1) is 11.8 Å². The number of carbonyl (C=O) groups excluding carboxylic acids is 2. The molecule has 0 radical (unpaired) electrons. The predicted octanol–water partition coefficient (Wildman–Crippen LogP) is 1.68. The van der Waals surface area contributed by atoms with E-state index in [2.05, 4.69) is 22.8 Å². The van der Waals surface area contributed by atoms with Crippen molar-refractivity contribution in [2.75, 3.05) is 20.4 Å². The van der Waals surface area contributed by atoms with Crippen LogP contribution in [-0.2, 0) is 11.3 Å². The fourth-order valence-electron chi connectivity index (χ4n) is 1.63. The molecule has 20 heavy (non-hydrogen) atoms. The van der Waals surface area contributed by atoms with Crippen LogP contribution in [0.1, 0.15) is 12.5 Å². The van der Waals surface area contributed by atoms with Gasteiger partial charge in [0.15, 0.2) is 0 Å². The summed E-state index contributed by atoms with van der Waals surface area (Å²) in [6, 6.07) is 7.34. The molecule has 1 atom stereocenters. The highest BCUT2D eigenvalue weighted by Gasteiger charge is 2.19. The van der Waals surface area contributed by atoms with E-state index in [4.69, 9.17) is 0 Å². The summed E-state index contributed by atoms with van der Waals surface area (Å²) >= 11 is 1.69. The minimum Gasteiger partial charge on any atom is -0.341 e. The summed E-state index contributed by atoms with van der Waals surface area (Å²) in [6.45, 7) is 2.42. The van der Waals surface area contributed by atoms with Crippen LogP contribution in [0.3, 0.4) is 0 Å². The molecule has 0 spiro atoms. The van der Waals surface area contributed by atoms with E-state index >= 15 is 0 Å². The van der Waals surface area contributed by atoms with Crippen molar-refractivity contribution in [1.82, 2.24) is 15.5 Å². The van der Waals surface area contributed by atoms with Gasteiger partial charge in [-0.25, -0.2) is 4.79 Å². The first-order valence-corrected chi connectivity index (χ1v) is 7.56. The average Bonchev–Trinajstić information content (AvgIpc) is 2.46. The quantitative estimate of drug-likeness (QED) is 0.812. The maximum absolute atomic E-state index is 11.8. The third kappa shape index (κ3) is 4.86. The normalized spacial score (nSPS) is 12.1. The summed E-state index contributed by atoms with van der Waals surface area (Å²) in [6.07, 6.45) is 2.03. The standard InChI is InChI=1S/C14H21N3O2S/c1-10(13(18)16-14(19)15-2)17(3)9-11-5-7-12(20-4)8-6-11/h5-8,10H,9H2,1-4H3,(H2,15,16,18,19). The van der Waals surface area contributed by atoms with Crippen molar-refractivity contribution in [2.45, 2.75) is 24.4 Å². The molecule has 0 aliphatic carbocycles. The van der Waals surface area contributed by atoms with Crippen molar-refractivity contribution < 1.29 is 9.59 Å². The van der Waals surface area contributed by atoms with Gasteiger partial charge in [0, 0.05) is 18.5 Å². The molecule has 0 aliphatic rings. The Labute approximate surface area is 124 Å². The number of urea groups is 1. The van der Waals surface area contributed by atoms with Crippen molar-refractivity contribution >= 4 is 23.7 Å². The van der Waals surface area contributed by atoms with Crippen LogP contribution in [0.5, 0.6) is 0 Å². The molecule has 2 N–H and O–H groups in total. The second-order valence-electron chi connectivity index (χ2n) is 4.51. The minimum absolute atomic E-state index is 0.312. The number of nitrogens with one attached hydrogen (secondary N) is 2. The van der Waals surface area contributed by atoms with Crippen molar-refractivity contribution in [3.63, 3.8) is 0 Å². The molecule has 1 aromatic carbocycles. The second kappa shape index (κ2) is 7.91. The summed E-state index contributed by atoms with van der Waals surface area (Å²) < 4.78 is 0. The zero-order chi connectivity index (χ0) is 15.1. The average molecular weight is 295 g/mol. The van der Waals surface area contributed by atoms with Crippen LogP contribution in [0.4, 0.5) is 4.79 Å². The molecule has 0 fully saturated rings. The first-order valence-electron chi connectivity index (χ1n) is 6.33. The number of benzene rings is 1. The Hall–Kier alpha value is -1.53. The molecule has 0 saturated carbocycles. The van der Waals surface area contributed by atoms with Gasteiger partial charge in [-0.1, -0.05) is 12.1 Å². The fraction of sp³-hybridized carbons (Fsp3) is 0.429. The molecule has 3 amide bonds. The van der Waals surface area contributed by atoms with Gasteiger partial charge in [-0.2, -0.15) is 0 Å². The first kappa shape index (κ1) is 16.5. The summed E-state index contributed by atoms with van der Waals surface area (Å²) in [5.41, 5.74) is 1.13. The van der Waals surface area contributed by atoms with Crippen LogP contribution >= 0.6 is 11.8 Å². The van der Waals surface area contributed by atoms with Gasteiger partial charge < -0.3 is 5.32 Å². The van der Waals surface area contributed by atoms with Gasteiger partial charge in [0.05, 0.1) is 6.04 Å². The second-order valence-corrected chi connectivity index (χ2v) is 5.39. The minimum atomic E-state index is -0.487. The van der Waals surface area contributed by atoms with Gasteiger partial charge in [0.25, 0.3) is 0 Å². The van der Waals surface area contributed by atoms with Crippen LogP contribution < -0.4 is 10.6 Å². The number of hydrogen-bond donors (Lipinski definition) is 2. The number of thioether (sulfide) groups is 1. The summed E-state index contributed by atoms with van der Waals surface area (Å²) in [5, 5.41) is 4.64. The number of imide groups is 1. The Bertz CT molecular complexity index is 462. The van der Waals surface area contributed by atoms with E-state index in [1.165, 1.54) is 11.9 Å². The lowest BCUT2D eigenvalue weighted by Crippen LogP contribution is -2.47. The molecular weight excluding hydrogens is 274 g/mol. The number of hydrogen-bond acceptors (Lipinski definition) is 4. The van der Waals surface area contributed by atoms with E-state index in [1.54, 1.807) is 18.7 Å². The highest BCUT2D eigenvalue weighted by atomic mass is 32.2. The van der Waals surface area contributed by atoms with Crippen LogP contribution in [0, 0.1) is 0 Å². The van der Waals surface area contributed by atoms with E-state index in [0.29, 0.717) is 6.54 Å². The van der Waals surface area contributed by atoms with Gasteiger partial charge in [0.1, 0.15) is 0 Å². The Morgan fingerprint density at radius 1 is 1.30 bits per heavy atom. The molecule has 1 aromatic rings. The summed E-state index contributed by atoms with van der Waals surface area (Å²) in [5.74, 6) is -0.312. The maximum Gasteiger partial charge on any atom is 0.321 e. The maximum atomic E-state index is 11.8. The Balaban J connectivity index is 2.57. The number of rotatable bonds is 5. The lowest BCUT2D eigenvalue weighted by molar-refractivity contribution is -0.124. The van der Waals surface area contributed by atoms with E-state index in [0.717, 1.165) is 5.56 Å². The molecule has 0 heterocycles. The SMILES string of the molecule is CNC(=O)NC(=O)C(C)N(C)Cc1ccc(SC)cc1. The lowest BCUT2D eigenvalue weighted by atomic mass is 10.2. The predicted molar refractivity (Wildman–Crippen MR) is 81.8 cm³/mol. The number of likely N-dealkylation sites (N-methyl/N-ethyl adjacent to an activating group) is 1. The zero-order valence-corrected chi connectivity index (χ0v) is 13.1. The van der Waals surface area contributed by atoms with Gasteiger partial charge >= 0.3 is 6.03 Å². The van der Waals surface area contributed by atoms with Gasteiger partial charge in [-0.3, -0.25) is 15.0 Å². The highest BCUT2D eigenvalue weighted by molar-refractivity contribution is 7.98. The van der Waals surface area contributed by atoms with Crippen LogP contribution in [-0.4, -0.2) is 43.2 Å². The Kier molecular flexibility index (Phi) is 6.54. The summed E-state index contributed by atoms with van der Waals surface area (Å²) in [4.78, 5) is 26.0. The molecule has 5 nitrogen and oxygen atoms in total. The monoisotopic (exact) mass is 295 g/mol. The molecule has 0 bridgehead atoms. The third-order valence-corrected chi connectivity index (χ3v) is 3.84. The van der Waals surface area contributed by atoms with E-state index in [1.807, 2.05) is 30.3 Å². The number of nitrogens with zero attached hydrogens (tertiary/aromatic N) is 1. The van der Waals surface area contributed by atoms with Crippen molar-refractivity contribution in [1.29, 1.82) is 0 Å². The Morgan fingerprint density at radius 3 is 2.40 bits per heavy atom. The molecule has 1 unspecified atom stereocenters. The third-order valence-electron chi connectivity index (χ3n) is 3.10. The number of carbonyl (C=O) groups is 2. The molecule has 0 aliphatic heterocycles. The number of amides is 3. The molecular formula is C14H21N3O2S. The van der Waals surface area contributed by atoms with Crippen LogP contribution in [0.2, 0.25) is 0 Å². The van der Waals surface area contributed by atoms with Crippen molar-refractivity contribution in [3.8, 4) is 0 Å². The van der Waals surface area contributed by atoms with E-state index in [9.17, 15) is 9.59 Å². The van der Waals surface area contributed by atoms with Gasteiger partial charge in [-0.05, 0) is 37.9 Å². The molecule has 0 aromatic heterocycles. The smallest absolute Gasteiger partial charge is 0.321 e. The van der Waals surface area contributed by atoms with E-state index in [-0.39, 0.29) is 11.9 Å². The summed E-state index contributed by atoms with van der Waals surface area (Å²) in [7, 11) is 3.33. The first-order chi connectivity index (χ1) is 9.47. The van der Waals surface area contributed by atoms with Crippen molar-refractivity contribution in [2.24, 2.45) is 0 Å². The van der Waals surface area contributed by atoms with Crippen molar-refractivity contribution in [3.05, 3.63) is 29.8 Å². The fourth-order valence-corrected chi connectivity index (χ4v) is 2.04. The molecule has 110 valence electrons.